The number of nitrogen functional groups attached to an aromatic ring is 1. The largest absolute Gasteiger partial charge is 0.497 e. The van der Waals surface area contributed by atoms with Gasteiger partial charge in [-0.3, -0.25) is 5.41 Å². The Labute approximate surface area is 129 Å². The molecule has 2 heterocycles. The average Bonchev–Trinajstić information content (AvgIpc) is 2.71. The van der Waals surface area contributed by atoms with E-state index in [0.717, 1.165) is 49.5 Å². The first-order valence-corrected chi connectivity index (χ1v) is 7.51. The van der Waals surface area contributed by atoms with Crippen LogP contribution in [0.2, 0.25) is 0 Å². The maximum atomic E-state index is 7.71. The van der Waals surface area contributed by atoms with Crippen LogP contribution in [0.1, 0.15) is 29.7 Å². The number of nitrogens with two attached hydrogens (primary N) is 1. The first-order valence-electron chi connectivity index (χ1n) is 7.51. The third-order valence-electron chi connectivity index (χ3n) is 3.97. The Balaban J connectivity index is 1.93. The van der Waals surface area contributed by atoms with Crippen LogP contribution in [-0.4, -0.2) is 29.4 Å². The predicted molar refractivity (Wildman–Crippen MR) is 86.8 cm³/mol. The van der Waals surface area contributed by atoms with Gasteiger partial charge in [-0.15, -0.1) is 0 Å². The SMILES string of the molecule is COc1ccc(Cc2nn(C(=N)N)c3c2CCCCN3)cc1. The molecule has 0 bridgehead atoms. The van der Waals surface area contributed by atoms with Gasteiger partial charge in [0.2, 0.25) is 5.96 Å². The molecule has 0 fully saturated rings. The summed E-state index contributed by atoms with van der Waals surface area (Å²) in [6, 6.07) is 7.99. The fourth-order valence-electron chi connectivity index (χ4n) is 2.83. The molecule has 6 heteroatoms. The van der Waals surface area contributed by atoms with Gasteiger partial charge in [-0.2, -0.15) is 9.78 Å². The van der Waals surface area contributed by atoms with Crippen molar-refractivity contribution in [3.8, 4) is 5.75 Å². The average molecular weight is 299 g/mol. The van der Waals surface area contributed by atoms with Gasteiger partial charge < -0.3 is 15.8 Å². The Bertz CT molecular complexity index is 675. The summed E-state index contributed by atoms with van der Waals surface area (Å²) in [6.07, 6.45) is 3.95. The lowest BCUT2D eigenvalue weighted by molar-refractivity contribution is 0.414. The summed E-state index contributed by atoms with van der Waals surface area (Å²) in [5.74, 6) is 1.68. The number of ether oxygens (including phenoxy) is 1. The first-order chi connectivity index (χ1) is 10.7. The number of methoxy groups -OCH3 is 1. The zero-order chi connectivity index (χ0) is 15.5. The quantitative estimate of drug-likeness (QED) is 0.597. The Morgan fingerprint density at radius 2 is 2.14 bits per heavy atom. The molecule has 0 atom stereocenters. The first kappa shape index (κ1) is 14.4. The molecule has 1 aliphatic heterocycles. The molecule has 0 saturated carbocycles. The van der Waals surface area contributed by atoms with Crippen molar-refractivity contribution < 1.29 is 4.74 Å². The molecular weight excluding hydrogens is 278 g/mol. The summed E-state index contributed by atoms with van der Waals surface area (Å²) in [4.78, 5) is 0. The standard InChI is InChI=1S/C16H21N5O/c1-22-12-7-5-11(6-8-12)10-14-13-4-2-3-9-19-15(13)21(20-14)16(17)18/h5-8,19H,2-4,9-10H2,1H3,(H3,17,18). The van der Waals surface area contributed by atoms with E-state index < -0.39 is 0 Å². The number of fused-ring (bicyclic) bond motifs is 1. The number of hydrogen-bond donors (Lipinski definition) is 3. The highest BCUT2D eigenvalue weighted by Crippen LogP contribution is 2.27. The van der Waals surface area contributed by atoms with Crippen LogP contribution < -0.4 is 15.8 Å². The van der Waals surface area contributed by atoms with E-state index in [-0.39, 0.29) is 5.96 Å². The molecule has 1 aromatic carbocycles. The molecule has 6 nitrogen and oxygen atoms in total. The van der Waals surface area contributed by atoms with Crippen molar-refractivity contribution in [1.82, 2.24) is 9.78 Å². The van der Waals surface area contributed by atoms with Crippen molar-refractivity contribution >= 4 is 11.8 Å². The summed E-state index contributed by atoms with van der Waals surface area (Å²) in [5.41, 5.74) is 9.00. The highest BCUT2D eigenvalue weighted by atomic mass is 16.5. The molecule has 0 spiro atoms. The van der Waals surface area contributed by atoms with Crippen LogP contribution in [0.5, 0.6) is 5.75 Å². The molecule has 1 aliphatic rings. The van der Waals surface area contributed by atoms with Crippen LogP contribution in [0.4, 0.5) is 5.82 Å². The zero-order valence-electron chi connectivity index (χ0n) is 12.7. The Morgan fingerprint density at radius 1 is 1.36 bits per heavy atom. The molecular formula is C16H21N5O. The van der Waals surface area contributed by atoms with Crippen LogP contribution >= 0.6 is 0 Å². The maximum Gasteiger partial charge on any atom is 0.215 e. The smallest absolute Gasteiger partial charge is 0.215 e. The lowest BCUT2D eigenvalue weighted by Gasteiger charge is -2.06. The van der Waals surface area contributed by atoms with Crippen molar-refractivity contribution in [1.29, 1.82) is 5.41 Å². The van der Waals surface area contributed by atoms with E-state index in [0.29, 0.717) is 0 Å². The molecule has 4 N–H and O–H groups in total. The van der Waals surface area contributed by atoms with Gasteiger partial charge >= 0.3 is 0 Å². The minimum atomic E-state index is -0.0494. The van der Waals surface area contributed by atoms with Crippen LogP contribution in [0.15, 0.2) is 24.3 Å². The summed E-state index contributed by atoms with van der Waals surface area (Å²) < 4.78 is 6.70. The summed E-state index contributed by atoms with van der Waals surface area (Å²) in [5, 5.41) is 15.6. The van der Waals surface area contributed by atoms with Crippen molar-refractivity contribution in [2.24, 2.45) is 5.73 Å². The third-order valence-corrected chi connectivity index (χ3v) is 3.97. The fraction of sp³-hybridized carbons (Fsp3) is 0.375. The van der Waals surface area contributed by atoms with E-state index >= 15 is 0 Å². The van der Waals surface area contributed by atoms with E-state index in [2.05, 4.69) is 10.4 Å². The second kappa shape index (κ2) is 6.09. The number of benzene rings is 1. The summed E-state index contributed by atoms with van der Waals surface area (Å²) >= 11 is 0. The highest BCUT2D eigenvalue weighted by molar-refractivity contribution is 5.81. The number of aromatic nitrogens is 2. The molecule has 22 heavy (non-hydrogen) atoms. The topological polar surface area (TPSA) is 89.0 Å². The minimum Gasteiger partial charge on any atom is -0.497 e. The van der Waals surface area contributed by atoms with Crippen LogP contribution in [-0.2, 0) is 12.8 Å². The summed E-state index contributed by atoms with van der Waals surface area (Å²) in [7, 11) is 1.66. The van der Waals surface area contributed by atoms with Gasteiger partial charge in [-0.1, -0.05) is 12.1 Å². The van der Waals surface area contributed by atoms with Crippen molar-refractivity contribution in [2.75, 3.05) is 19.0 Å². The van der Waals surface area contributed by atoms with Crippen molar-refractivity contribution in [2.45, 2.75) is 25.7 Å². The van der Waals surface area contributed by atoms with Gasteiger partial charge in [-0.25, -0.2) is 0 Å². The number of nitrogens with zero attached hydrogens (tertiary/aromatic N) is 2. The van der Waals surface area contributed by atoms with Gasteiger partial charge in [0, 0.05) is 18.5 Å². The molecule has 0 saturated heterocycles. The second-order valence-corrected chi connectivity index (χ2v) is 5.48. The van der Waals surface area contributed by atoms with Gasteiger partial charge in [-0.05, 0) is 37.0 Å². The van der Waals surface area contributed by atoms with Gasteiger partial charge in [0.25, 0.3) is 0 Å². The van der Waals surface area contributed by atoms with Gasteiger partial charge in [0.15, 0.2) is 0 Å². The monoisotopic (exact) mass is 299 g/mol. The second-order valence-electron chi connectivity index (χ2n) is 5.48. The van der Waals surface area contributed by atoms with Crippen LogP contribution in [0.3, 0.4) is 0 Å². The molecule has 0 amide bonds. The molecule has 116 valence electrons. The third kappa shape index (κ3) is 2.77. The lowest BCUT2D eigenvalue weighted by Crippen LogP contribution is -2.24. The number of nitrogens with one attached hydrogen (secondary N) is 2. The van der Waals surface area contributed by atoms with Crippen LogP contribution in [0, 0.1) is 5.41 Å². The molecule has 1 aromatic heterocycles. The van der Waals surface area contributed by atoms with Crippen molar-refractivity contribution in [3.05, 3.63) is 41.1 Å². The normalized spacial score (nSPS) is 13.9. The van der Waals surface area contributed by atoms with E-state index in [1.807, 2.05) is 24.3 Å². The summed E-state index contributed by atoms with van der Waals surface area (Å²) in [6.45, 7) is 0.897. The van der Waals surface area contributed by atoms with E-state index in [1.54, 1.807) is 7.11 Å². The number of anilines is 1. The zero-order valence-corrected chi connectivity index (χ0v) is 12.7. The molecule has 2 aromatic rings. The van der Waals surface area contributed by atoms with E-state index in [9.17, 15) is 0 Å². The van der Waals surface area contributed by atoms with Crippen molar-refractivity contribution in [3.63, 3.8) is 0 Å². The highest BCUT2D eigenvalue weighted by Gasteiger charge is 2.20. The molecule has 0 unspecified atom stereocenters. The Kier molecular flexibility index (Phi) is 4.00. The van der Waals surface area contributed by atoms with Gasteiger partial charge in [0.1, 0.15) is 11.6 Å². The predicted octanol–water partition coefficient (Wildman–Crippen LogP) is 1.97. The molecule has 0 aliphatic carbocycles. The maximum absolute atomic E-state index is 7.71. The number of hydrogen-bond acceptors (Lipinski definition) is 4. The van der Waals surface area contributed by atoms with Crippen LogP contribution in [0.25, 0.3) is 0 Å². The Hall–Kier alpha value is -2.50. The van der Waals surface area contributed by atoms with E-state index in [1.165, 1.54) is 15.8 Å². The molecule has 3 rings (SSSR count). The number of rotatable bonds is 3. The van der Waals surface area contributed by atoms with Gasteiger partial charge in [0.05, 0.1) is 12.8 Å². The Morgan fingerprint density at radius 3 is 2.82 bits per heavy atom. The van der Waals surface area contributed by atoms with E-state index in [4.69, 9.17) is 15.9 Å². The fourth-order valence-corrected chi connectivity index (χ4v) is 2.83. The molecule has 0 radical (unpaired) electrons. The minimum absolute atomic E-state index is 0.0494. The lowest BCUT2D eigenvalue weighted by atomic mass is 10.0.